The minimum Gasteiger partial charge on any atom is -0.493 e. The molecule has 0 radical (unpaired) electrons. The Morgan fingerprint density at radius 2 is 2.07 bits per heavy atom. The molecule has 10 heteroatoms. The van der Waals surface area contributed by atoms with E-state index in [0.29, 0.717) is 18.1 Å². The molecule has 0 atom stereocenters. The van der Waals surface area contributed by atoms with Gasteiger partial charge in [-0.15, -0.1) is 4.68 Å². The van der Waals surface area contributed by atoms with Gasteiger partial charge in [-0.1, -0.05) is 19.4 Å². The number of rotatable bonds is 10. The van der Waals surface area contributed by atoms with Crippen molar-refractivity contribution in [1.29, 1.82) is 0 Å². The highest BCUT2D eigenvalue weighted by Crippen LogP contribution is 2.31. The van der Waals surface area contributed by atoms with Gasteiger partial charge in [-0.3, -0.25) is 4.79 Å². The molecular formula is C18H23BrN4O5. The highest BCUT2D eigenvalue weighted by molar-refractivity contribution is 9.10. The van der Waals surface area contributed by atoms with E-state index in [1.165, 1.54) is 0 Å². The van der Waals surface area contributed by atoms with Crippen LogP contribution >= 0.6 is 15.9 Å². The minimum absolute atomic E-state index is 0.0453. The van der Waals surface area contributed by atoms with Crippen molar-refractivity contribution in [1.82, 2.24) is 9.78 Å². The molecule has 2 aromatic rings. The lowest BCUT2D eigenvalue weighted by Gasteiger charge is -2.13. The van der Waals surface area contributed by atoms with Gasteiger partial charge < -0.3 is 24.9 Å². The van der Waals surface area contributed by atoms with E-state index < -0.39 is 16.3 Å². The number of hydrogen-bond donors (Lipinski definition) is 1. The number of hydrogen-bond acceptors (Lipinski definition) is 7. The van der Waals surface area contributed by atoms with Crippen LogP contribution in [0.3, 0.4) is 0 Å². The second kappa shape index (κ2) is 10.1. The van der Waals surface area contributed by atoms with Crippen molar-refractivity contribution in [2.75, 3.05) is 19.0 Å². The fraction of sp³-hybridized carbons (Fsp3) is 0.444. The van der Waals surface area contributed by atoms with Crippen LogP contribution in [0.5, 0.6) is 11.5 Å². The quantitative estimate of drug-likeness (QED) is 0.330. The molecule has 1 N–H and O–H groups in total. The van der Waals surface area contributed by atoms with Gasteiger partial charge in [0.1, 0.15) is 4.47 Å². The van der Waals surface area contributed by atoms with Crippen molar-refractivity contribution >= 4 is 27.4 Å². The van der Waals surface area contributed by atoms with Crippen LogP contribution < -0.4 is 20.3 Å². The van der Waals surface area contributed by atoms with Crippen molar-refractivity contribution in [2.24, 2.45) is 0 Å². The van der Waals surface area contributed by atoms with E-state index >= 15 is 0 Å². The summed E-state index contributed by atoms with van der Waals surface area (Å²) in [6.45, 7) is 4.81. The van der Waals surface area contributed by atoms with Crippen LogP contribution in [0, 0.1) is 10.1 Å². The van der Waals surface area contributed by atoms with E-state index in [2.05, 4.69) is 33.3 Å². The minimum atomic E-state index is -0.619. The molecule has 1 aromatic heterocycles. The van der Waals surface area contributed by atoms with Gasteiger partial charge in [0, 0.05) is 6.54 Å². The van der Waals surface area contributed by atoms with Gasteiger partial charge in [0.15, 0.2) is 17.2 Å². The van der Waals surface area contributed by atoms with Crippen molar-refractivity contribution in [2.45, 2.75) is 39.8 Å². The van der Waals surface area contributed by atoms with E-state index in [-0.39, 0.29) is 23.2 Å². The molecule has 2 rings (SSSR count). The number of methoxy groups -OCH3 is 1. The fourth-order valence-electron chi connectivity index (χ4n) is 2.49. The van der Waals surface area contributed by atoms with Gasteiger partial charge in [0.2, 0.25) is 0 Å². The lowest BCUT2D eigenvalue weighted by molar-refractivity contribution is -0.389. The predicted molar refractivity (Wildman–Crippen MR) is 109 cm³/mol. The largest absolute Gasteiger partial charge is 0.493 e. The van der Waals surface area contributed by atoms with Crippen LogP contribution in [-0.4, -0.2) is 28.4 Å². The lowest BCUT2D eigenvalue weighted by Crippen LogP contribution is -2.25. The normalized spacial score (nSPS) is 10.6. The molecule has 0 aliphatic carbocycles. The maximum atomic E-state index is 12.2. The van der Waals surface area contributed by atoms with Crippen LogP contribution in [-0.2, 0) is 13.1 Å². The second-order valence-electron chi connectivity index (χ2n) is 5.93. The Bertz CT molecular complexity index is 900. The number of nitro groups is 1. The monoisotopic (exact) mass is 454 g/mol. The molecule has 1 heterocycles. The van der Waals surface area contributed by atoms with Gasteiger partial charge in [0.05, 0.1) is 25.4 Å². The molecule has 0 fully saturated rings. The summed E-state index contributed by atoms with van der Waals surface area (Å²) in [5.74, 6) is 0.795. The Morgan fingerprint density at radius 1 is 1.32 bits per heavy atom. The summed E-state index contributed by atoms with van der Waals surface area (Å²) >= 11 is 3.16. The first kappa shape index (κ1) is 21.7. The van der Waals surface area contributed by atoms with Crippen LogP contribution in [0.2, 0.25) is 0 Å². The van der Waals surface area contributed by atoms with Crippen LogP contribution in [0.1, 0.15) is 32.3 Å². The Labute approximate surface area is 170 Å². The van der Waals surface area contributed by atoms with Crippen molar-refractivity contribution < 1.29 is 14.4 Å². The van der Waals surface area contributed by atoms with Crippen LogP contribution in [0.15, 0.2) is 27.5 Å². The van der Waals surface area contributed by atoms with E-state index in [9.17, 15) is 14.9 Å². The molecule has 152 valence electrons. The van der Waals surface area contributed by atoms with Crippen molar-refractivity contribution in [3.05, 3.63) is 48.7 Å². The number of halogens is 1. The van der Waals surface area contributed by atoms with Crippen LogP contribution in [0.4, 0.5) is 11.5 Å². The van der Waals surface area contributed by atoms with E-state index in [1.807, 2.05) is 12.1 Å². The summed E-state index contributed by atoms with van der Waals surface area (Å²) < 4.78 is 12.2. The third kappa shape index (κ3) is 5.00. The SMILES string of the molecule is CCCCOc1cc(CNc2c([N+](=O)[O-])nn(CC)c(=O)c2Br)ccc1OC. The topological polar surface area (TPSA) is 109 Å². The first-order valence-electron chi connectivity index (χ1n) is 8.91. The maximum Gasteiger partial charge on any atom is 0.413 e. The number of ether oxygens (including phenoxy) is 2. The van der Waals surface area contributed by atoms with Gasteiger partial charge in [-0.05, 0) is 51.9 Å². The second-order valence-corrected chi connectivity index (χ2v) is 6.72. The molecule has 0 aliphatic heterocycles. The van der Waals surface area contributed by atoms with E-state index in [4.69, 9.17) is 9.47 Å². The molecule has 0 saturated carbocycles. The zero-order valence-corrected chi connectivity index (χ0v) is 17.6. The van der Waals surface area contributed by atoms with Gasteiger partial charge in [0.25, 0.3) is 0 Å². The average Bonchev–Trinajstić information content (AvgIpc) is 2.69. The standard InChI is InChI=1S/C18H23BrN4O5/c1-4-6-9-28-14-10-12(7-8-13(14)27-3)11-20-16-15(19)18(24)22(5-2)21-17(16)23(25)26/h7-8,10,20H,4-6,9,11H2,1-3H3. The molecule has 0 saturated heterocycles. The molecule has 0 bridgehead atoms. The zero-order valence-electron chi connectivity index (χ0n) is 16.0. The average molecular weight is 455 g/mol. The lowest BCUT2D eigenvalue weighted by atomic mass is 10.2. The summed E-state index contributed by atoms with van der Waals surface area (Å²) in [7, 11) is 1.56. The first-order valence-corrected chi connectivity index (χ1v) is 9.70. The Morgan fingerprint density at radius 3 is 2.68 bits per heavy atom. The summed E-state index contributed by atoms with van der Waals surface area (Å²) in [4.78, 5) is 23.0. The van der Waals surface area contributed by atoms with Gasteiger partial charge in [-0.2, -0.15) is 0 Å². The highest BCUT2D eigenvalue weighted by atomic mass is 79.9. The van der Waals surface area contributed by atoms with Crippen molar-refractivity contribution in [3.63, 3.8) is 0 Å². The third-order valence-corrected chi connectivity index (χ3v) is 4.74. The Balaban J connectivity index is 2.28. The predicted octanol–water partition coefficient (Wildman–Crippen LogP) is 3.73. The zero-order chi connectivity index (χ0) is 20.7. The number of benzene rings is 1. The number of nitrogens with zero attached hydrogens (tertiary/aromatic N) is 3. The smallest absolute Gasteiger partial charge is 0.413 e. The summed E-state index contributed by atoms with van der Waals surface area (Å²) in [6.07, 6.45) is 1.93. The molecule has 0 aliphatic rings. The number of nitrogens with one attached hydrogen (secondary N) is 1. The Hall–Kier alpha value is -2.62. The fourth-order valence-corrected chi connectivity index (χ4v) is 3.01. The first-order chi connectivity index (χ1) is 13.4. The van der Waals surface area contributed by atoms with Crippen LogP contribution in [0.25, 0.3) is 0 Å². The van der Waals surface area contributed by atoms with Gasteiger partial charge in [-0.25, -0.2) is 0 Å². The number of aryl methyl sites for hydroxylation is 1. The molecule has 0 amide bonds. The molecular weight excluding hydrogens is 432 g/mol. The number of unbranched alkanes of at least 4 members (excludes halogenated alkanes) is 1. The third-order valence-electron chi connectivity index (χ3n) is 4.01. The van der Waals surface area contributed by atoms with E-state index in [0.717, 1.165) is 23.1 Å². The molecule has 9 nitrogen and oxygen atoms in total. The maximum absolute atomic E-state index is 12.2. The Kier molecular flexibility index (Phi) is 7.80. The number of anilines is 1. The molecule has 28 heavy (non-hydrogen) atoms. The van der Waals surface area contributed by atoms with Gasteiger partial charge >= 0.3 is 11.4 Å². The molecule has 0 spiro atoms. The highest BCUT2D eigenvalue weighted by Gasteiger charge is 2.24. The molecule has 1 aromatic carbocycles. The van der Waals surface area contributed by atoms with Crippen molar-refractivity contribution in [3.8, 4) is 11.5 Å². The summed E-state index contributed by atoms with van der Waals surface area (Å²) in [5.41, 5.74) is 0.422. The molecule has 0 unspecified atom stereocenters. The van der Waals surface area contributed by atoms with E-state index in [1.54, 1.807) is 20.1 Å². The summed E-state index contributed by atoms with van der Waals surface area (Å²) in [5, 5.41) is 18.1. The summed E-state index contributed by atoms with van der Waals surface area (Å²) in [6, 6.07) is 5.40. The number of aromatic nitrogens is 2.